The Morgan fingerprint density at radius 3 is 2.83 bits per heavy atom. The van der Waals surface area contributed by atoms with Crippen LogP contribution in [-0.4, -0.2) is 23.3 Å². The number of nitrogens with zero attached hydrogens (tertiary/aromatic N) is 2. The minimum Gasteiger partial charge on any atom is -0.495 e. The smallest absolute Gasteiger partial charge is 0.142 e. The first-order chi connectivity index (χ1) is 8.70. The number of nitrogen functional groups attached to an aromatic ring is 1. The number of aromatic nitrogens is 2. The van der Waals surface area contributed by atoms with Crippen molar-refractivity contribution >= 4 is 5.69 Å². The summed E-state index contributed by atoms with van der Waals surface area (Å²) in [6.07, 6.45) is 4.46. The van der Waals surface area contributed by atoms with Crippen LogP contribution in [0.25, 0.3) is 0 Å². The molecule has 0 saturated heterocycles. The molecule has 5 heteroatoms. The predicted octanol–water partition coefficient (Wildman–Crippen LogP) is 1.63. The molecule has 0 aliphatic rings. The van der Waals surface area contributed by atoms with E-state index < -0.39 is 0 Å². The molecule has 2 N–H and O–H groups in total. The second-order valence-corrected chi connectivity index (χ2v) is 3.96. The maximum Gasteiger partial charge on any atom is 0.142 e. The van der Waals surface area contributed by atoms with Gasteiger partial charge in [0.2, 0.25) is 0 Å². The number of anilines is 1. The Bertz CT molecular complexity index is 523. The van der Waals surface area contributed by atoms with E-state index in [1.165, 1.54) is 0 Å². The van der Waals surface area contributed by atoms with Gasteiger partial charge in [0.1, 0.15) is 17.3 Å². The third kappa shape index (κ3) is 2.74. The van der Waals surface area contributed by atoms with E-state index >= 15 is 0 Å². The standard InChI is InChI=1S/C13H17N3O2/c1-16-7-6-15-13(16)5-8-18-10-3-4-12(17-2)11(14)9-10/h3-4,6-7,9H,5,8,14H2,1-2H3. The van der Waals surface area contributed by atoms with Gasteiger partial charge in [0, 0.05) is 31.9 Å². The highest BCUT2D eigenvalue weighted by atomic mass is 16.5. The normalized spacial score (nSPS) is 10.3. The van der Waals surface area contributed by atoms with Gasteiger partial charge in [0.25, 0.3) is 0 Å². The van der Waals surface area contributed by atoms with Gasteiger partial charge < -0.3 is 19.8 Å². The van der Waals surface area contributed by atoms with E-state index in [1.807, 2.05) is 23.9 Å². The SMILES string of the molecule is COc1ccc(OCCc2nccn2C)cc1N. The zero-order valence-corrected chi connectivity index (χ0v) is 10.6. The lowest BCUT2D eigenvalue weighted by atomic mass is 10.3. The van der Waals surface area contributed by atoms with Gasteiger partial charge >= 0.3 is 0 Å². The molecule has 0 fully saturated rings. The highest BCUT2D eigenvalue weighted by molar-refractivity contribution is 5.56. The van der Waals surface area contributed by atoms with Gasteiger partial charge in [-0.05, 0) is 12.1 Å². The molecule has 0 atom stereocenters. The van der Waals surface area contributed by atoms with E-state index in [2.05, 4.69) is 4.98 Å². The van der Waals surface area contributed by atoms with Crippen molar-refractivity contribution in [1.29, 1.82) is 0 Å². The van der Waals surface area contributed by atoms with Crippen LogP contribution in [0.15, 0.2) is 30.6 Å². The van der Waals surface area contributed by atoms with Crippen LogP contribution in [0, 0.1) is 0 Å². The number of aryl methyl sites for hydroxylation is 1. The van der Waals surface area contributed by atoms with Gasteiger partial charge in [-0.3, -0.25) is 0 Å². The van der Waals surface area contributed by atoms with E-state index in [4.69, 9.17) is 15.2 Å². The van der Waals surface area contributed by atoms with Crippen molar-refractivity contribution in [3.63, 3.8) is 0 Å². The van der Waals surface area contributed by atoms with Gasteiger partial charge in [-0.15, -0.1) is 0 Å². The Morgan fingerprint density at radius 2 is 2.22 bits per heavy atom. The number of nitrogens with two attached hydrogens (primary N) is 1. The largest absolute Gasteiger partial charge is 0.495 e. The Morgan fingerprint density at radius 1 is 1.39 bits per heavy atom. The van der Waals surface area contributed by atoms with Crippen molar-refractivity contribution in [2.75, 3.05) is 19.5 Å². The average Bonchev–Trinajstić information content (AvgIpc) is 2.75. The number of hydrogen-bond acceptors (Lipinski definition) is 4. The summed E-state index contributed by atoms with van der Waals surface area (Å²) in [7, 11) is 3.56. The summed E-state index contributed by atoms with van der Waals surface area (Å²) < 4.78 is 12.7. The zero-order chi connectivity index (χ0) is 13.0. The summed E-state index contributed by atoms with van der Waals surface area (Å²) in [6, 6.07) is 5.40. The van der Waals surface area contributed by atoms with Crippen LogP contribution < -0.4 is 15.2 Å². The number of benzene rings is 1. The summed E-state index contributed by atoms with van der Waals surface area (Å²) in [4.78, 5) is 4.23. The number of rotatable bonds is 5. The maximum absolute atomic E-state index is 5.80. The summed E-state index contributed by atoms with van der Waals surface area (Å²) in [6.45, 7) is 0.566. The van der Waals surface area contributed by atoms with Crippen LogP contribution >= 0.6 is 0 Å². The van der Waals surface area contributed by atoms with E-state index in [1.54, 1.807) is 25.4 Å². The predicted molar refractivity (Wildman–Crippen MR) is 69.8 cm³/mol. The van der Waals surface area contributed by atoms with Gasteiger partial charge in [-0.2, -0.15) is 0 Å². The number of hydrogen-bond donors (Lipinski definition) is 1. The third-order valence-electron chi connectivity index (χ3n) is 2.72. The first-order valence-electron chi connectivity index (χ1n) is 5.73. The summed E-state index contributed by atoms with van der Waals surface area (Å²) >= 11 is 0. The number of ether oxygens (including phenoxy) is 2. The first kappa shape index (κ1) is 12.3. The molecular formula is C13H17N3O2. The highest BCUT2D eigenvalue weighted by Gasteiger charge is 2.03. The first-order valence-corrected chi connectivity index (χ1v) is 5.73. The van der Waals surface area contributed by atoms with Crippen LogP contribution in [0.5, 0.6) is 11.5 Å². The monoisotopic (exact) mass is 247 g/mol. The molecule has 0 unspecified atom stereocenters. The molecule has 0 spiro atoms. The summed E-state index contributed by atoms with van der Waals surface area (Å²) in [5, 5.41) is 0. The second kappa shape index (κ2) is 5.44. The van der Waals surface area contributed by atoms with E-state index in [0.717, 1.165) is 18.0 Å². The Balaban J connectivity index is 1.91. The van der Waals surface area contributed by atoms with Crippen LogP contribution in [-0.2, 0) is 13.5 Å². The minimum absolute atomic E-state index is 0.566. The number of imidazole rings is 1. The number of methoxy groups -OCH3 is 1. The molecule has 0 radical (unpaired) electrons. The molecule has 18 heavy (non-hydrogen) atoms. The zero-order valence-electron chi connectivity index (χ0n) is 10.6. The molecule has 5 nitrogen and oxygen atoms in total. The van der Waals surface area contributed by atoms with Crippen LogP contribution in [0.4, 0.5) is 5.69 Å². The summed E-state index contributed by atoms with van der Waals surface area (Å²) in [5.74, 6) is 2.39. The fourth-order valence-electron chi connectivity index (χ4n) is 1.70. The molecule has 2 rings (SSSR count). The van der Waals surface area contributed by atoms with Crippen molar-refractivity contribution in [3.05, 3.63) is 36.4 Å². The molecule has 0 aliphatic heterocycles. The van der Waals surface area contributed by atoms with Crippen LogP contribution in [0.3, 0.4) is 0 Å². The van der Waals surface area contributed by atoms with Crippen LogP contribution in [0.2, 0.25) is 0 Å². The van der Waals surface area contributed by atoms with Gasteiger partial charge in [0.05, 0.1) is 19.4 Å². The quantitative estimate of drug-likeness (QED) is 0.816. The average molecular weight is 247 g/mol. The highest BCUT2D eigenvalue weighted by Crippen LogP contribution is 2.25. The fourth-order valence-corrected chi connectivity index (χ4v) is 1.70. The lowest BCUT2D eigenvalue weighted by Crippen LogP contribution is -2.06. The van der Waals surface area contributed by atoms with Crippen molar-refractivity contribution in [3.8, 4) is 11.5 Å². The Kier molecular flexibility index (Phi) is 3.72. The lowest BCUT2D eigenvalue weighted by molar-refractivity contribution is 0.317. The molecule has 0 amide bonds. The van der Waals surface area contributed by atoms with Crippen molar-refractivity contribution in [2.24, 2.45) is 7.05 Å². The molecule has 0 saturated carbocycles. The molecule has 2 aromatic rings. The molecule has 1 aromatic carbocycles. The lowest BCUT2D eigenvalue weighted by Gasteiger charge is -2.09. The molecular weight excluding hydrogens is 230 g/mol. The summed E-state index contributed by atoms with van der Waals surface area (Å²) in [5.41, 5.74) is 6.38. The Hall–Kier alpha value is -2.17. The molecule has 1 aromatic heterocycles. The minimum atomic E-state index is 0.566. The van der Waals surface area contributed by atoms with Crippen molar-refractivity contribution in [1.82, 2.24) is 9.55 Å². The fraction of sp³-hybridized carbons (Fsp3) is 0.308. The van der Waals surface area contributed by atoms with E-state index in [-0.39, 0.29) is 0 Å². The van der Waals surface area contributed by atoms with E-state index in [0.29, 0.717) is 18.0 Å². The van der Waals surface area contributed by atoms with E-state index in [9.17, 15) is 0 Å². The topological polar surface area (TPSA) is 62.3 Å². The third-order valence-corrected chi connectivity index (χ3v) is 2.72. The van der Waals surface area contributed by atoms with Crippen molar-refractivity contribution < 1.29 is 9.47 Å². The van der Waals surface area contributed by atoms with Gasteiger partial charge in [0.15, 0.2) is 0 Å². The molecule has 0 bridgehead atoms. The van der Waals surface area contributed by atoms with Crippen molar-refractivity contribution in [2.45, 2.75) is 6.42 Å². The molecule has 0 aliphatic carbocycles. The Labute approximate surface area is 106 Å². The van der Waals surface area contributed by atoms with Gasteiger partial charge in [-0.1, -0.05) is 0 Å². The van der Waals surface area contributed by atoms with Crippen LogP contribution in [0.1, 0.15) is 5.82 Å². The molecule has 96 valence electrons. The maximum atomic E-state index is 5.80. The molecule has 1 heterocycles. The van der Waals surface area contributed by atoms with Gasteiger partial charge in [-0.25, -0.2) is 4.98 Å². The second-order valence-electron chi connectivity index (χ2n) is 3.96.